The number of aryl methyl sites for hydroxylation is 1. The van der Waals surface area contributed by atoms with E-state index in [1.807, 2.05) is 0 Å². The molecule has 0 saturated carbocycles. The smallest absolute Gasteiger partial charge is 0.416 e. The van der Waals surface area contributed by atoms with Crippen LogP contribution >= 0.6 is 0 Å². The number of halogens is 3. The molecular formula is C23H21F3N6O2. The Labute approximate surface area is 192 Å². The second kappa shape index (κ2) is 9.02. The molecule has 1 amide bonds. The number of nitrogens with zero attached hydrogens (tertiary/aromatic N) is 3. The predicted octanol–water partition coefficient (Wildman–Crippen LogP) is 4.30. The van der Waals surface area contributed by atoms with Crippen LogP contribution < -0.4 is 16.4 Å². The third kappa shape index (κ3) is 4.50. The van der Waals surface area contributed by atoms with Crippen LogP contribution in [0.4, 0.5) is 19.0 Å². The monoisotopic (exact) mass is 470 g/mol. The second-order valence-corrected chi connectivity index (χ2v) is 7.42. The molecule has 0 bridgehead atoms. The van der Waals surface area contributed by atoms with Gasteiger partial charge in [0.15, 0.2) is 5.89 Å². The predicted molar refractivity (Wildman–Crippen MR) is 120 cm³/mol. The van der Waals surface area contributed by atoms with E-state index in [2.05, 4.69) is 20.6 Å². The molecule has 1 atom stereocenters. The number of nitrogens with one attached hydrogen (secondary N) is 2. The maximum absolute atomic E-state index is 13.6. The van der Waals surface area contributed by atoms with E-state index >= 15 is 0 Å². The van der Waals surface area contributed by atoms with Crippen molar-refractivity contribution in [2.75, 3.05) is 12.4 Å². The lowest BCUT2D eigenvalue weighted by Gasteiger charge is -2.17. The fourth-order valence-corrected chi connectivity index (χ4v) is 3.49. The van der Waals surface area contributed by atoms with Crippen molar-refractivity contribution in [3.63, 3.8) is 0 Å². The molecule has 0 aliphatic rings. The molecule has 1 unspecified atom stereocenters. The lowest BCUT2D eigenvalue weighted by molar-refractivity contribution is -0.138. The summed E-state index contributed by atoms with van der Waals surface area (Å²) in [7, 11) is 1.60. The van der Waals surface area contributed by atoms with Gasteiger partial charge in [0.1, 0.15) is 29.1 Å². The summed E-state index contributed by atoms with van der Waals surface area (Å²) < 4.78 is 47.6. The van der Waals surface area contributed by atoms with E-state index < -0.39 is 23.7 Å². The Balaban J connectivity index is 1.76. The number of oxazole rings is 1. The highest BCUT2D eigenvalue weighted by Gasteiger charge is 2.35. The summed E-state index contributed by atoms with van der Waals surface area (Å²) in [6.45, 7) is 1.67. The molecule has 34 heavy (non-hydrogen) atoms. The second-order valence-electron chi connectivity index (χ2n) is 7.42. The number of carbonyl (C=O) groups excluding carboxylic acids is 1. The lowest BCUT2D eigenvalue weighted by atomic mass is 9.97. The number of rotatable bonds is 6. The van der Waals surface area contributed by atoms with Gasteiger partial charge in [0.2, 0.25) is 0 Å². The van der Waals surface area contributed by atoms with Gasteiger partial charge in [-0.2, -0.15) is 13.2 Å². The van der Waals surface area contributed by atoms with Gasteiger partial charge in [-0.1, -0.05) is 6.07 Å². The van der Waals surface area contributed by atoms with Gasteiger partial charge < -0.3 is 20.8 Å². The van der Waals surface area contributed by atoms with Crippen LogP contribution in [0.3, 0.4) is 0 Å². The Kier molecular flexibility index (Phi) is 6.12. The standard InChI is InChI=1S/C23H21F3N6O2/c1-13-29-18(12-34-13)20-21(32-10-4-3-5-19(32)30-20)31-22(33)14-6-7-16(23(24,25)26)15(11-14)17(27)8-9-28-2/h3-12,17,28H,27H2,1-2H3,(H,31,33)/b9-8-. The maximum Gasteiger partial charge on any atom is 0.416 e. The van der Waals surface area contributed by atoms with Crippen LogP contribution in [-0.2, 0) is 6.18 Å². The zero-order chi connectivity index (χ0) is 24.5. The molecule has 3 heterocycles. The topological polar surface area (TPSA) is 110 Å². The van der Waals surface area contributed by atoms with Crippen molar-refractivity contribution in [3.8, 4) is 11.4 Å². The number of amides is 1. The van der Waals surface area contributed by atoms with Gasteiger partial charge in [0, 0.05) is 25.7 Å². The first kappa shape index (κ1) is 23.1. The fourth-order valence-electron chi connectivity index (χ4n) is 3.49. The molecular weight excluding hydrogens is 449 g/mol. The number of imidazole rings is 1. The van der Waals surface area contributed by atoms with Gasteiger partial charge in [-0.15, -0.1) is 0 Å². The van der Waals surface area contributed by atoms with Gasteiger partial charge >= 0.3 is 6.18 Å². The zero-order valence-corrected chi connectivity index (χ0v) is 18.2. The Bertz CT molecular complexity index is 1370. The summed E-state index contributed by atoms with van der Waals surface area (Å²) in [5, 5.41) is 5.44. The van der Waals surface area contributed by atoms with Crippen molar-refractivity contribution in [2.24, 2.45) is 5.73 Å². The van der Waals surface area contributed by atoms with Crippen molar-refractivity contribution in [2.45, 2.75) is 19.1 Å². The van der Waals surface area contributed by atoms with Gasteiger partial charge in [-0.25, -0.2) is 9.97 Å². The third-order valence-electron chi connectivity index (χ3n) is 5.07. The zero-order valence-electron chi connectivity index (χ0n) is 18.2. The van der Waals surface area contributed by atoms with Crippen LogP contribution in [0.1, 0.15) is 33.4 Å². The minimum atomic E-state index is -4.63. The summed E-state index contributed by atoms with van der Waals surface area (Å²) >= 11 is 0. The molecule has 4 N–H and O–H groups in total. The molecule has 3 aromatic heterocycles. The van der Waals surface area contributed by atoms with Crippen LogP contribution in [0.5, 0.6) is 0 Å². The van der Waals surface area contributed by atoms with Crippen LogP contribution in [-0.4, -0.2) is 27.3 Å². The third-order valence-corrected chi connectivity index (χ3v) is 5.07. The van der Waals surface area contributed by atoms with Gasteiger partial charge in [-0.05, 0) is 48.2 Å². The van der Waals surface area contributed by atoms with E-state index in [4.69, 9.17) is 10.2 Å². The molecule has 176 valence electrons. The molecule has 0 spiro atoms. The Morgan fingerprint density at radius 1 is 1.24 bits per heavy atom. The number of benzene rings is 1. The highest BCUT2D eigenvalue weighted by atomic mass is 19.4. The number of hydrogen-bond acceptors (Lipinski definition) is 6. The number of pyridine rings is 1. The quantitative estimate of drug-likeness (QED) is 0.388. The Morgan fingerprint density at radius 2 is 2.03 bits per heavy atom. The van der Waals surface area contributed by atoms with Crippen LogP contribution in [0.2, 0.25) is 0 Å². The fraction of sp³-hybridized carbons (Fsp3) is 0.174. The summed E-state index contributed by atoms with van der Waals surface area (Å²) in [6.07, 6.45) is 1.29. The number of hydrogen-bond donors (Lipinski definition) is 3. The van der Waals surface area contributed by atoms with Crippen molar-refractivity contribution in [1.82, 2.24) is 19.7 Å². The van der Waals surface area contributed by atoms with E-state index in [-0.39, 0.29) is 11.1 Å². The molecule has 0 fully saturated rings. The highest BCUT2D eigenvalue weighted by molar-refractivity contribution is 6.05. The van der Waals surface area contributed by atoms with Crippen LogP contribution in [0.25, 0.3) is 17.0 Å². The van der Waals surface area contributed by atoms with E-state index in [9.17, 15) is 18.0 Å². The maximum atomic E-state index is 13.6. The van der Waals surface area contributed by atoms with E-state index in [1.54, 1.807) is 42.8 Å². The molecule has 1 aromatic carbocycles. The van der Waals surface area contributed by atoms with Crippen molar-refractivity contribution < 1.29 is 22.4 Å². The first-order chi connectivity index (χ1) is 16.2. The largest absolute Gasteiger partial charge is 0.449 e. The minimum absolute atomic E-state index is 0.00414. The van der Waals surface area contributed by atoms with Gasteiger partial charge in [0.25, 0.3) is 5.91 Å². The van der Waals surface area contributed by atoms with E-state index in [1.165, 1.54) is 18.5 Å². The summed E-state index contributed by atoms with van der Waals surface area (Å²) in [6, 6.07) is 7.31. The molecule has 11 heteroatoms. The minimum Gasteiger partial charge on any atom is -0.449 e. The molecule has 4 aromatic rings. The van der Waals surface area contributed by atoms with E-state index in [0.29, 0.717) is 28.7 Å². The average molecular weight is 470 g/mol. The number of aromatic nitrogens is 3. The number of alkyl halides is 3. The lowest BCUT2D eigenvalue weighted by Crippen LogP contribution is -2.19. The van der Waals surface area contributed by atoms with Crippen LogP contribution in [0, 0.1) is 6.92 Å². The van der Waals surface area contributed by atoms with Gasteiger partial charge in [-0.3, -0.25) is 9.20 Å². The SMILES string of the molecule is CN/C=C\C(N)c1cc(C(=O)Nc2c(-c3coc(C)n3)nc3ccccn23)ccc1C(F)(F)F. The van der Waals surface area contributed by atoms with Gasteiger partial charge in [0.05, 0.1) is 11.6 Å². The Morgan fingerprint density at radius 3 is 2.71 bits per heavy atom. The van der Waals surface area contributed by atoms with Crippen molar-refractivity contribution in [1.29, 1.82) is 0 Å². The number of fused-ring (bicyclic) bond motifs is 1. The van der Waals surface area contributed by atoms with Crippen molar-refractivity contribution >= 4 is 17.4 Å². The summed E-state index contributed by atoms with van der Waals surface area (Å²) in [4.78, 5) is 21.9. The molecule has 0 radical (unpaired) electrons. The molecule has 8 nitrogen and oxygen atoms in total. The first-order valence-corrected chi connectivity index (χ1v) is 10.2. The van der Waals surface area contributed by atoms with Crippen LogP contribution in [0.15, 0.2) is 65.6 Å². The first-order valence-electron chi connectivity index (χ1n) is 10.2. The molecule has 0 aliphatic carbocycles. The van der Waals surface area contributed by atoms with Crippen molar-refractivity contribution in [3.05, 3.63) is 83.7 Å². The highest BCUT2D eigenvalue weighted by Crippen LogP contribution is 2.35. The number of anilines is 1. The molecule has 0 aliphatic heterocycles. The molecule has 0 saturated heterocycles. The number of carbonyl (C=O) groups is 1. The Hall–Kier alpha value is -4.12. The normalized spacial score (nSPS) is 12.9. The average Bonchev–Trinajstić information content (AvgIpc) is 3.40. The van der Waals surface area contributed by atoms with E-state index in [0.717, 1.165) is 18.2 Å². The summed E-state index contributed by atoms with van der Waals surface area (Å²) in [5.74, 6) is 0.0851. The number of nitrogens with two attached hydrogens (primary N) is 1. The molecule has 4 rings (SSSR count). The summed E-state index contributed by atoms with van der Waals surface area (Å²) in [5.41, 5.74) is 6.14.